The van der Waals surface area contributed by atoms with Crippen molar-refractivity contribution in [2.24, 2.45) is 5.41 Å². The van der Waals surface area contributed by atoms with E-state index >= 15 is 0 Å². The summed E-state index contributed by atoms with van der Waals surface area (Å²) in [5.74, 6) is 1.07. The number of ether oxygens (including phenoxy) is 1. The minimum atomic E-state index is -0.377. The summed E-state index contributed by atoms with van der Waals surface area (Å²) in [5, 5.41) is 17.5. The third-order valence-corrected chi connectivity index (χ3v) is 5.91. The third kappa shape index (κ3) is 6.49. The molecule has 0 saturated carbocycles. The fourth-order valence-corrected chi connectivity index (χ4v) is 3.74. The third-order valence-electron chi connectivity index (χ3n) is 5.70. The van der Waals surface area contributed by atoms with Crippen LogP contribution in [0.4, 0.5) is 17.5 Å². The van der Waals surface area contributed by atoms with Gasteiger partial charge in [-0.3, -0.25) is 4.79 Å². The Morgan fingerprint density at radius 2 is 1.92 bits per heavy atom. The maximum Gasteiger partial charge on any atom is 0.256 e. The Labute approximate surface area is 220 Å². The molecule has 0 unspecified atom stereocenters. The average molecular weight is 524 g/mol. The molecule has 4 N–H and O–H groups in total. The smallest absolute Gasteiger partial charge is 0.256 e. The second-order valence-corrected chi connectivity index (χ2v) is 9.94. The van der Waals surface area contributed by atoms with Crippen molar-refractivity contribution >= 4 is 51.7 Å². The second-order valence-electron chi connectivity index (χ2n) is 9.50. The van der Waals surface area contributed by atoms with Gasteiger partial charge >= 0.3 is 0 Å². The van der Waals surface area contributed by atoms with Crippen molar-refractivity contribution in [2.45, 2.75) is 20.8 Å². The van der Waals surface area contributed by atoms with Gasteiger partial charge in [-0.05, 0) is 24.3 Å². The van der Waals surface area contributed by atoms with Gasteiger partial charge in [0.25, 0.3) is 5.91 Å². The molecular weight excluding hydrogens is 494 g/mol. The maximum absolute atomic E-state index is 13.0. The monoisotopic (exact) mass is 523 g/mol. The number of allylic oxidation sites excluding steroid dienone is 1. The van der Waals surface area contributed by atoms with Gasteiger partial charge in [0.1, 0.15) is 23.2 Å². The summed E-state index contributed by atoms with van der Waals surface area (Å²) in [6, 6.07) is 4.93. The first kappa shape index (κ1) is 26.2. The van der Waals surface area contributed by atoms with Crippen molar-refractivity contribution < 1.29 is 9.53 Å². The number of nitrogens with one attached hydrogen (secondary N) is 4. The molecule has 0 aliphatic carbocycles. The molecule has 0 atom stereocenters. The van der Waals surface area contributed by atoms with Crippen molar-refractivity contribution in [2.75, 3.05) is 43.6 Å². The van der Waals surface area contributed by atoms with Crippen LogP contribution in [0.2, 0.25) is 5.02 Å². The number of amides is 1. The Morgan fingerprint density at radius 3 is 2.62 bits per heavy atom. The van der Waals surface area contributed by atoms with Gasteiger partial charge in [-0.2, -0.15) is 0 Å². The predicted octanol–water partition coefficient (Wildman–Crippen LogP) is 3.51. The Kier molecular flexibility index (Phi) is 7.84. The van der Waals surface area contributed by atoms with Gasteiger partial charge < -0.3 is 31.0 Å². The predicted molar refractivity (Wildman–Crippen MR) is 145 cm³/mol. The van der Waals surface area contributed by atoms with Gasteiger partial charge in [-0.25, -0.2) is 19.9 Å². The highest BCUT2D eigenvalue weighted by molar-refractivity contribution is 6.31. The van der Waals surface area contributed by atoms with Crippen molar-refractivity contribution in [3.05, 3.63) is 53.2 Å². The lowest BCUT2D eigenvalue weighted by molar-refractivity contribution is 0.0963. The molecule has 1 fully saturated rings. The zero-order chi connectivity index (χ0) is 26.6. The number of carbonyl (C=O) groups excluding carboxylic acids is 1. The number of carbonyl (C=O) groups is 1. The lowest BCUT2D eigenvalue weighted by Crippen LogP contribution is -2.37. The van der Waals surface area contributed by atoms with Crippen LogP contribution < -0.4 is 20.9 Å². The quantitative estimate of drug-likeness (QED) is 0.342. The van der Waals surface area contributed by atoms with Crippen molar-refractivity contribution in [1.29, 1.82) is 5.41 Å². The highest BCUT2D eigenvalue weighted by atomic mass is 35.5. The summed E-state index contributed by atoms with van der Waals surface area (Å²) in [7, 11) is 1.68. The molecule has 3 heterocycles. The van der Waals surface area contributed by atoms with Crippen LogP contribution in [0.1, 0.15) is 31.1 Å². The average Bonchev–Trinajstić information content (AvgIpc) is 2.87. The molecule has 1 aromatic carbocycles. The molecule has 1 amide bonds. The van der Waals surface area contributed by atoms with E-state index < -0.39 is 0 Å². The highest BCUT2D eigenvalue weighted by Gasteiger charge is 2.18. The van der Waals surface area contributed by atoms with E-state index in [1.54, 1.807) is 37.5 Å². The minimum Gasteiger partial charge on any atom is -0.378 e. The standard InChI is InChI=1S/C25H30ClN9O2/c1-25(2,3)19(27)12-20(28-4)33-23(36)15-9-16(26)11-17(10-15)32-22-21-18(30-14-31-22)13-29-24(34-21)35-5-7-37-8-6-35/h9-14,27-28H,5-8H2,1-4H3,(H,33,36)(H,30,31,32)/b20-12+,27-19?. The Balaban J connectivity index is 1.59. The van der Waals surface area contributed by atoms with Crippen LogP contribution in [0.5, 0.6) is 0 Å². The van der Waals surface area contributed by atoms with Crippen LogP contribution in [0.25, 0.3) is 11.0 Å². The van der Waals surface area contributed by atoms with E-state index in [-0.39, 0.29) is 11.3 Å². The van der Waals surface area contributed by atoms with E-state index in [0.717, 1.165) is 0 Å². The van der Waals surface area contributed by atoms with E-state index in [4.69, 9.17) is 26.7 Å². The summed E-state index contributed by atoms with van der Waals surface area (Å²) in [6.07, 6.45) is 4.69. The number of fused-ring (bicyclic) bond motifs is 1. The van der Waals surface area contributed by atoms with E-state index in [9.17, 15) is 4.79 Å². The topological polar surface area (TPSA) is 141 Å². The van der Waals surface area contributed by atoms with E-state index in [1.165, 1.54) is 6.33 Å². The fraction of sp³-hybridized carbons (Fsp3) is 0.360. The Bertz CT molecular complexity index is 1350. The first-order valence-electron chi connectivity index (χ1n) is 11.8. The van der Waals surface area contributed by atoms with Crippen LogP contribution in [0, 0.1) is 10.8 Å². The lowest BCUT2D eigenvalue weighted by atomic mass is 9.90. The maximum atomic E-state index is 13.0. The van der Waals surface area contributed by atoms with Crippen LogP contribution in [-0.4, -0.2) is 64.9 Å². The number of halogens is 1. The molecule has 4 rings (SSSR count). The molecule has 1 aliphatic rings. The number of morpholine rings is 1. The van der Waals surface area contributed by atoms with Crippen molar-refractivity contribution in [3.8, 4) is 0 Å². The summed E-state index contributed by atoms with van der Waals surface area (Å²) in [5.41, 5.74) is 2.04. The SMILES string of the molecule is CN/C(=C\C(=N)C(C)(C)C)NC(=O)c1cc(Cl)cc(Nc2ncnc3cnc(N4CCOCC4)nc23)c1. The molecule has 0 spiro atoms. The Hall–Kier alpha value is -3.83. The zero-order valence-electron chi connectivity index (χ0n) is 21.2. The largest absolute Gasteiger partial charge is 0.378 e. The van der Waals surface area contributed by atoms with Crippen LogP contribution in [-0.2, 0) is 4.74 Å². The molecule has 194 valence electrons. The molecule has 0 radical (unpaired) electrons. The molecule has 37 heavy (non-hydrogen) atoms. The molecule has 2 aromatic heterocycles. The molecule has 11 nitrogen and oxygen atoms in total. The van der Waals surface area contributed by atoms with E-state index in [2.05, 4.69) is 30.9 Å². The zero-order valence-corrected chi connectivity index (χ0v) is 22.0. The van der Waals surface area contributed by atoms with Gasteiger partial charge in [-0.1, -0.05) is 32.4 Å². The molecule has 1 saturated heterocycles. The number of benzene rings is 1. The Morgan fingerprint density at radius 1 is 1.16 bits per heavy atom. The summed E-state index contributed by atoms with van der Waals surface area (Å²) in [4.78, 5) is 32.9. The number of nitrogens with zero attached hydrogens (tertiary/aromatic N) is 5. The first-order valence-corrected chi connectivity index (χ1v) is 12.2. The molecule has 12 heteroatoms. The summed E-state index contributed by atoms with van der Waals surface area (Å²) >= 11 is 6.36. The lowest BCUT2D eigenvalue weighted by Gasteiger charge is -2.26. The van der Waals surface area contributed by atoms with Crippen LogP contribution >= 0.6 is 11.6 Å². The fourth-order valence-electron chi connectivity index (χ4n) is 3.51. The van der Waals surface area contributed by atoms with Gasteiger partial charge in [0.15, 0.2) is 5.82 Å². The van der Waals surface area contributed by atoms with Gasteiger partial charge in [0, 0.05) is 47.5 Å². The van der Waals surface area contributed by atoms with E-state index in [1.807, 2.05) is 25.7 Å². The molecule has 1 aliphatic heterocycles. The van der Waals surface area contributed by atoms with Crippen LogP contribution in [0.15, 0.2) is 42.6 Å². The van der Waals surface area contributed by atoms with Crippen molar-refractivity contribution in [3.63, 3.8) is 0 Å². The number of hydrogen-bond donors (Lipinski definition) is 4. The molecule has 0 bridgehead atoms. The van der Waals surface area contributed by atoms with Gasteiger partial charge in [0.2, 0.25) is 5.95 Å². The molecule has 3 aromatic rings. The first-order chi connectivity index (χ1) is 17.6. The summed E-state index contributed by atoms with van der Waals surface area (Å²) < 4.78 is 5.42. The highest BCUT2D eigenvalue weighted by Crippen LogP contribution is 2.26. The summed E-state index contributed by atoms with van der Waals surface area (Å²) in [6.45, 7) is 8.43. The van der Waals surface area contributed by atoms with Gasteiger partial charge in [-0.15, -0.1) is 0 Å². The second kappa shape index (κ2) is 11.1. The van der Waals surface area contributed by atoms with E-state index in [0.29, 0.717) is 76.9 Å². The minimum absolute atomic E-state index is 0.334. The van der Waals surface area contributed by atoms with Crippen molar-refractivity contribution in [1.82, 2.24) is 30.6 Å². The van der Waals surface area contributed by atoms with Gasteiger partial charge in [0.05, 0.1) is 19.4 Å². The normalized spacial score (nSPS) is 14.4. The molecular formula is C25H30ClN9O2. The number of rotatable bonds is 7. The number of anilines is 3. The number of aromatic nitrogens is 4. The number of hydrogen-bond acceptors (Lipinski definition) is 10. The van der Waals surface area contributed by atoms with Crippen LogP contribution in [0.3, 0.4) is 0 Å².